The van der Waals surface area contributed by atoms with Gasteiger partial charge in [0.25, 0.3) is 10.0 Å². The van der Waals surface area contributed by atoms with Crippen molar-refractivity contribution in [2.75, 3.05) is 17.4 Å². The van der Waals surface area contributed by atoms with E-state index in [-0.39, 0.29) is 15.8 Å². The van der Waals surface area contributed by atoms with Crippen molar-refractivity contribution in [3.05, 3.63) is 54.1 Å². The molecule has 2 aromatic rings. The van der Waals surface area contributed by atoms with E-state index in [1.54, 1.807) is 19.9 Å². The molecular weight excluding hydrogens is 384 g/mol. The largest absolute Gasteiger partial charge is 0.264 e. The Morgan fingerprint density at radius 2 is 1.48 bits per heavy atom. The molecule has 1 aliphatic heterocycles. The van der Waals surface area contributed by atoms with Crippen LogP contribution in [0.5, 0.6) is 0 Å². The van der Waals surface area contributed by atoms with E-state index in [1.807, 2.05) is 25.1 Å². The number of hydrogen-bond donors (Lipinski definition) is 0. The second-order valence-electron chi connectivity index (χ2n) is 6.54. The highest BCUT2D eigenvalue weighted by atomic mass is 32.2. The summed E-state index contributed by atoms with van der Waals surface area (Å²) in [4.78, 5) is 0.185. The second-order valence-corrected chi connectivity index (χ2v) is 10.3. The summed E-state index contributed by atoms with van der Waals surface area (Å²) in [5.74, 6) is 0. The highest BCUT2D eigenvalue weighted by Gasteiger charge is 2.36. The Morgan fingerprint density at radius 3 is 2.07 bits per heavy atom. The van der Waals surface area contributed by atoms with Crippen LogP contribution in [0.3, 0.4) is 0 Å². The van der Waals surface area contributed by atoms with Gasteiger partial charge < -0.3 is 0 Å². The van der Waals surface area contributed by atoms with Gasteiger partial charge in [0.1, 0.15) is 0 Å². The molecule has 0 aliphatic carbocycles. The van der Waals surface area contributed by atoms with E-state index < -0.39 is 20.0 Å². The molecule has 0 saturated heterocycles. The molecule has 2 aromatic carbocycles. The number of nitrogens with zero attached hydrogens (tertiary/aromatic N) is 2. The predicted molar refractivity (Wildman–Crippen MR) is 106 cm³/mol. The van der Waals surface area contributed by atoms with Crippen LogP contribution in [0, 0.1) is 0 Å². The van der Waals surface area contributed by atoms with Crippen molar-refractivity contribution in [1.82, 2.24) is 4.31 Å². The summed E-state index contributed by atoms with van der Waals surface area (Å²) < 4.78 is 54.3. The van der Waals surface area contributed by atoms with Crippen molar-refractivity contribution in [3.63, 3.8) is 0 Å². The molecule has 27 heavy (non-hydrogen) atoms. The number of anilines is 1. The normalized spacial score (nSPS) is 17.3. The molecule has 0 amide bonds. The van der Waals surface area contributed by atoms with Gasteiger partial charge in [-0.1, -0.05) is 32.0 Å². The molecule has 0 unspecified atom stereocenters. The van der Waals surface area contributed by atoms with Gasteiger partial charge in [-0.25, -0.2) is 16.8 Å². The SMILES string of the molecule is CCN(CC)S(=O)(=O)c1ccc(S(=O)(=O)N2c3ccccc3C[C@@H]2C)cc1. The maximum absolute atomic E-state index is 13.2. The van der Waals surface area contributed by atoms with Gasteiger partial charge in [0.2, 0.25) is 10.0 Å². The fourth-order valence-electron chi connectivity index (χ4n) is 3.51. The van der Waals surface area contributed by atoms with Gasteiger partial charge in [0.05, 0.1) is 15.5 Å². The van der Waals surface area contributed by atoms with Crippen LogP contribution in [-0.2, 0) is 26.5 Å². The van der Waals surface area contributed by atoms with Crippen molar-refractivity contribution >= 4 is 25.7 Å². The Kier molecular flexibility index (Phi) is 5.33. The summed E-state index contributed by atoms with van der Waals surface area (Å²) in [6.45, 7) is 6.14. The van der Waals surface area contributed by atoms with Gasteiger partial charge in [-0.3, -0.25) is 4.31 Å². The van der Waals surface area contributed by atoms with Gasteiger partial charge in [0.15, 0.2) is 0 Å². The van der Waals surface area contributed by atoms with E-state index in [9.17, 15) is 16.8 Å². The third-order valence-electron chi connectivity index (χ3n) is 4.87. The van der Waals surface area contributed by atoms with Crippen molar-refractivity contribution in [2.45, 2.75) is 43.0 Å². The molecule has 3 rings (SSSR count). The summed E-state index contributed by atoms with van der Waals surface area (Å²) in [6.07, 6.45) is 0.657. The summed E-state index contributed by atoms with van der Waals surface area (Å²) in [6, 6.07) is 12.7. The third kappa shape index (κ3) is 3.37. The van der Waals surface area contributed by atoms with E-state index in [1.165, 1.54) is 32.9 Å². The predicted octanol–water partition coefficient (Wildman–Crippen LogP) is 2.86. The highest BCUT2D eigenvalue weighted by molar-refractivity contribution is 7.93. The summed E-state index contributed by atoms with van der Waals surface area (Å²) in [5.41, 5.74) is 1.68. The first-order valence-corrected chi connectivity index (χ1v) is 11.8. The van der Waals surface area contributed by atoms with E-state index in [0.29, 0.717) is 25.2 Å². The Morgan fingerprint density at radius 1 is 0.926 bits per heavy atom. The molecule has 8 heteroatoms. The van der Waals surface area contributed by atoms with Crippen LogP contribution >= 0.6 is 0 Å². The van der Waals surface area contributed by atoms with Crippen LogP contribution in [0.2, 0.25) is 0 Å². The van der Waals surface area contributed by atoms with Crippen LogP contribution in [0.25, 0.3) is 0 Å². The molecule has 0 bridgehead atoms. The molecule has 0 fully saturated rings. The Labute approximate surface area is 161 Å². The van der Waals surface area contributed by atoms with Gasteiger partial charge in [-0.15, -0.1) is 0 Å². The van der Waals surface area contributed by atoms with Crippen LogP contribution in [0.4, 0.5) is 5.69 Å². The molecule has 1 atom stereocenters. The van der Waals surface area contributed by atoms with E-state index >= 15 is 0 Å². The van der Waals surface area contributed by atoms with E-state index in [0.717, 1.165) is 5.56 Å². The van der Waals surface area contributed by atoms with Crippen LogP contribution < -0.4 is 4.31 Å². The summed E-state index contributed by atoms with van der Waals surface area (Å²) in [7, 11) is -7.39. The third-order valence-corrected chi connectivity index (χ3v) is 8.87. The molecular formula is C19H24N2O4S2. The first-order valence-electron chi connectivity index (χ1n) is 8.96. The average molecular weight is 409 g/mol. The molecule has 146 valence electrons. The quantitative estimate of drug-likeness (QED) is 0.737. The van der Waals surface area contributed by atoms with Gasteiger partial charge >= 0.3 is 0 Å². The Hall–Kier alpha value is -1.90. The first-order chi connectivity index (χ1) is 12.7. The number of rotatable bonds is 6. The molecule has 0 aromatic heterocycles. The monoisotopic (exact) mass is 408 g/mol. The van der Waals surface area contributed by atoms with Gasteiger partial charge in [-0.2, -0.15) is 4.31 Å². The van der Waals surface area contributed by atoms with Crippen LogP contribution in [-0.4, -0.2) is 40.3 Å². The fourth-order valence-corrected chi connectivity index (χ4v) is 6.66. The molecule has 1 heterocycles. The zero-order chi connectivity index (χ0) is 19.8. The molecule has 0 spiro atoms. The Bertz CT molecular complexity index is 1030. The van der Waals surface area contributed by atoms with Crippen molar-refractivity contribution in [1.29, 1.82) is 0 Å². The lowest BCUT2D eigenvalue weighted by Crippen LogP contribution is -2.35. The second kappa shape index (κ2) is 7.26. The molecule has 0 N–H and O–H groups in total. The zero-order valence-corrected chi connectivity index (χ0v) is 17.3. The van der Waals surface area contributed by atoms with Crippen LogP contribution in [0.1, 0.15) is 26.3 Å². The van der Waals surface area contributed by atoms with E-state index in [4.69, 9.17) is 0 Å². The topological polar surface area (TPSA) is 74.8 Å². The van der Waals surface area contributed by atoms with Crippen molar-refractivity contribution < 1.29 is 16.8 Å². The van der Waals surface area contributed by atoms with Crippen molar-refractivity contribution in [3.8, 4) is 0 Å². The fraction of sp³-hybridized carbons (Fsp3) is 0.368. The molecule has 1 aliphatic rings. The lowest BCUT2D eigenvalue weighted by atomic mass is 10.1. The average Bonchev–Trinajstić information content (AvgIpc) is 2.99. The minimum Gasteiger partial charge on any atom is -0.263 e. The Balaban J connectivity index is 1.98. The number of para-hydroxylation sites is 1. The smallest absolute Gasteiger partial charge is 0.263 e. The maximum Gasteiger partial charge on any atom is 0.264 e. The lowest BCUT2D eigenvalue weighted by Gasteiger charge is -2.24. The van der Waals surface area contributed by atoms with Crippen molar-refractivity contribution in [2.24, 2.45) is 0 Å². The minimum atomic E-state index is -3.77. The summed E-state index contributed by atoms with van der Waals surface area (Å²) >= 11 is 0. The molecule has 0 radical (unpaired) electrons. The molecule has 6 nitrogen and oxygen atoms in total. The molecule has 0 saturated carbocycles. The lowest BCUT2D eigenvalue weighted by molar-refractivity contribution is 0.445. The number of sulfonamides is 2. The standard InChI is InChI=1S/C19H24N2O4S2/c1-4-20(5-2)26(22,23)17-10-12-18(13-11-17)27(24,25)21-15(3)14-16-8-6-7-9-19(16)21/h6-13,15H,4-5,14H2,1-3H3/t15-/m0/s1. The van der Waals surface area contributed by atoms with Gasteiger partial charge in [-0.05, 0) is 49.2 Å². The summed E-state index contributed by atoms with van der Waals surface area (Å²) in [5, 5.41) is 0. The number of benzene rings is 2. The minimum absolute atomic E-state index is 0.0875. The first kappa shape index (κ1) is 19.9. The number of fused-ring (bicyclic) bond motifs is 1. The van der Waals surface area contributed by atoms with Gasteiger partial charge in [0, 0.05) is 19.1 Å². The van der Waals surface area contributed by atoms with E-state index in [2.05, 4.69) is 0 Å². The zero-order valence-electron chi connectivity index (χ0n) is 15.7. The van der Waals surface area contributed by atoms with Crippen LogP contribution in [0.15, 0.2) is 58.3 Å². The highest BCUT2D eigenvalue weighted by Crippen LogP contribution is 2.36. The number of hydrogen-bond acceptors (Lipinski definition) is 4. The maximum atomic E-state index is 13.2.